The number of nitrogens with zero attached hydrogens (tertiary/aromatic N) is 3. The van der Waals surface area contributed by atoms with E-state index in [0.29, 0.717) is 27.9 Å². The number of rotatable bonds is 4. The summed E-state index contributed by atoms with van der Waals surface area (Å²) in [6, 6.07) is 7.48. The first-order valence-corrected chi connectivity index (χ1v) is 8.74. The Kier molecular flexibility index (Phi) is 4.56. The zero-order valence-corrected chi connectivity index (χ0v) is 15.1. The lowest BCUT2D eigenvalue weighted by Crippen LogP contribution is -2.29. The van der Waals surface area contributed by atoms with E-state index < -0.39 is 11.2 Å². The van der Waals surface area contributed by atoms with Crippen molar-refractivity contribution in [3.63, 3.8) is 0 Å². The predicted octanol–water partition coefficient (Wildman–Crippen LogP) is 2.63. The molecule has 126 valence electrons. The van der Waals surface area contributed by atoms with E-state index in [-0.39, 0.29) is 5.25 Å². The van der Waals surface area contributed by atoms with Crippen LogP contribution in [0.25, 0.3) is 11.2 Å². The van der Waals surface area contributed by atoms with Gasteiger partial charge < -0.3 is 4.57 Å². The van der Waals surface area contributed by atoms with Gasteiger partial charge in [-0.05, 0) is 11.6 Å². The Morgan fingerprint density at radius 1 is 1.29 bits per heavy atom. The van der Waals surface area contributed by atoms with Gasteiger partial charge in [0.25, 0.3) is 5.56 Å². The third-order valence-electron chi connectivity index (χ3n) is 3.60. The molecule has 0 aliphatic heterocycles. The first kappa shape index (κ1) is 16.9. The fourth-order valence-corrected chi connectivity index (χ4v) is 3.50. The van der Waals surface area contributed by atoms with Crippen LogP contribution in [-0.2, 0) is 13.6 Å². The Hall–Kier alpha value is -1.99. The van der Waals surface area contributed by atoms with E-state index in [9.17, 15) is 9.59 Å². The van der Waals surface area contributed by atoms with Crippen molar-refractivity contribution in [1.82, 2.24) is 19.1 Å². The Morgan fingerprint density at radius 3 is 2.67 bits per heavy atom. The molecule has 0 amide bonds. The summed E-state index contributed by atoms with van der Waals surface area (Å²) in [5.41, 5.74) is 0.718. The fraction of sp³-hybridized carbons (Fsp3) is 0.312. The predicted molar refractivity (Wildman–Crippen MR) is 97.1 cm³/mol. The molecule has 3 aromatic rings. The average molecular weight is 365 g/mol. The number of nitrogens with one attached hydrogen (secondary N) is 1. The molecule has 24 heavy (non-hydrogen) atoms. The number of aryl methyl sites for hydroxylation is 1. The van der Waals surface area contributed by atoms with Crippen LogP contribution in [0.1, 0.15) is 19.4 Å². The second-order valence-electron chi connectivity index (χ2n) is 5.73. The van der Waals surface area contributed by atoms with E-state index in [0.717, 1.165) is 5.56 Å². The van der Waals surface area contributed by atoms with Gasteiger partial charge in [-0.25, -0.2) is 9.78 Å². The number of aromatic nitrogens is 4. The summed E-state index contributed by atoms with van der Waals surface area (Å²) in [6.45, 7) is 4.51. The van der Waals surface area contributed by atoms with Crippen molar-refractivity contribution in [2.75, 3.05) is 0 Å². The minimum absolute atomic E-state index is 0.280. The number of hydrogen-bond donors (Lipinski definition) is 1. The highest BCUT2D eigenvalue weighted by atomic mass is 35.5. The van der Waals surface area contributed by atoms with Gasteiger partial charge in [0.15, 0.2) is 16.3 Å². The van der Waals surface area contributed by atoms with Crippen molar-refractivity contribution in [3.05, 3.63) is 55.7 Å². The second kappa shape index (κ2) is 6.49. The Balaban J connectivity index is 2.27. The lowest BCUT2D eigenvalue weighted by molar-refractivity contribution is 0.726. The average Bonchev–Trinajstić information content (AvgIpc) is 2.86. The molecule has 0 fully saturated rings. The lowest BCUT2D eigenvalue weighted by Gasteiger charge is -2.11. The summed E-state index contributed by atoms with van der Waals surface area (Å²) in [5.74, 6) is 0. The molecule has 0 saturated carbocycles. The maximum absolute atomic E-state index is 12.4. The van der Waals surface area contributed by atoms with Crippen LogP contribution in [0.2, 0.25) is 5.02 Å². The monoisotopic (exact) mass is 364 g/mol. The summed E-state index contributed by atoms with van der Waals surface area (Å²) < 4.78 is 3.17. The first-order valence-electron chi connectivity index (χ1n) is 7.48. The van der Waals surface area contributed by atoms with Crippen molar-refractivity contribution >= 4 is 34.5 Å². The van der Waals surface area contributed by atoms with Crippen LogP contribution in [-0.4, -0.2) is 24.4 Å². The normalized spacial score (nSPS) is 11.5. The summed E-state index contributed by atoms with van der Waals surface area (Å²) in [7, 11) is 1.59. The zero-order valence-electron chi connectivity index (χ0n) is 13.5. The van der Waals surface area contributed by atoms with Crippen molar-refractivity contribution in [2.24, 2.45) is 7.05 Å². The Morgan fingerprint density at radius 2 is 2.00 bits per heavy atom. The molecule has 6 nitrogen and oxygen atoms in total. The molecule has 1 N–H and O–H groups in total. The van der Waals surface area contributed by atoms with Crippen molar-refractivity contribution in [3.8, 4) is 0 Å². The maximum atomic E-state index is 12.4. The second-order valence-corrected chi connectivity index (χ2v) is 7.68. The standard InChI is InChI=1S/C16H17ClN4O2S/c1-9(2)24-16-18-13-12(14(22)19-15(23)20(13)3)21(16)8-10-6-4-5-7-11(10)17/h4-7,9H,8H2,1-3H3,(H,19,22,23). The SMILES string of the molecule is CC(C)Sc1nc2c(c(=O)[nH]c(=O)n2C)n1Cc1ccccc1Cl. The van der Waals surface area contributed by atoms with Crippen LogP contribution < -0.4 is 11.2 Å². The minimum Gasteiger partial charge on any atom is -0.309 e. The number of hydrogen-bond acceptors (Lipinski definition) is 4. The number of imidazole rings is 1. The van der Waals surface area contributed by atoms with Crippen LogP contribution in [0, 0.1) is 0 Å². The Labute approximate surface area is 147 Å². The topological polar surface area (TPSA) is 72.7 Å². The van der Waals surface area contributed by atoms with E-state index in [2.05, 4.69) is 9.97 Å². The van der Waals surface area contributed by atoms with Gasteiger partial charge >= 0.3 is 5.69 Å². The van der Waals surface area contributed by atoms with Gasteiger partial charge in [-0.2, -0.15) is 0 Å². The molecule has 0 unspecified atom stereocenters. The van der Waals surface area contributed by atoms with Gasteiger partial charge in [-0.1, -0.05) is 55.4 Å². The molecule has 1 aromatic carbocycles. The maximum Gasteiger partial charge on any atom is 0.329 e. The molecule has 2 aromatic heterocycles. The minimum atomic E-state index is -0.476. The van der Waals surface area contributed by atoms with Gasteiger partial charge in [-0.15, -0.1) is 0 Å². The van der Waals surface area contributed by atoms with Gasteiger partial charge in [-0.3, -0.25) is 14.3 Å². The highest BCUT2D eigenvalue weighted by Crippen LogP contribution is 2.27. The highest BCUT2D eigenvalue weighted by Gasteiger charge is 2.19. The molecule has 0 aliphatic carbocycles. The molecule has 3 rings (SSSR count). The highest BCUT2D eigenvalue weighted by molar-refractivity contribution is 7.99. The summed E-state index contributed by atoms with van der Waals surface area (Å²) in [6.07, 6.45) is 0. The van der Waals surface area contributed by atoms with Crippen LogP contribution in [0.3, 0.4) is 0 Å². The van der Waals surface area contributed by atoms with E-state index >= 15 is 0 Å². The van der Waals surface area contributed by atoms with Gasteiger partial charge in [0.2, 0.25) is 0 Å². The third-order valence-corrected chi connectivity index (χ3v) is 4.96. The number of fused-ring (bicyclic) bond motifs is 1. The fourth-order valence-electron chi connectivity index (χ4n) is 2.46. The molecule has 0 spiro atoms. The van der Waals surface area contributed by atoms with Crippen LogP contribution in [0.5, 0.6) is 0 Å². The first-order chi connectivity index (χ1) is 11.4. The largest absolute Gasteiger partial charge is 0.329 e. The van der Waals surface area contributed by atoms with Gasteiger partial charge in [0.1, 0.15) is 0 Å². The number of thioether (sulfide) groups is 1. The number of benzene rings is 1. The van der Waals surface area contributed by atoms with E-state index in [1.165, 1.54) is 16.3 Å². The van der Waals surface area contributed by atoms with Crippen molar-refractivity contribution in [2.45, 2.75) is 30.8 Å². The summed E-state index contributed by atoms with van der Waals surface area (Å²) in [4.78, 5) is 31.1. The smallest absolute Gasteiger partial charge is 0.309 e. The molecule has 2 heterocycles. The molecule has 0 atom stereocenters. The summed E-state index contributed by atoms with van der Waals surface area (Å²) in [5, 5.41) is 1.59. The number of H-pyrrole nitrogens is 1. The van der Waals surface area contributed by atoms with E-state index in [1.807, 2.05) is 42.7 Å². The zero-order chi connectivity index (χ0) is 17.4. The molecular weight excluding hydrogens is 348 g/mol. The molecule has 0 aliphatic rings. The lowest BCUT2D eigenvalue weighted by atomic mass is 10.2. The van der Waals surface area contributed by atoms with Crippen LogP contribution >= 0.6 is 23.4 Å². The van der Waals surface area contributed by atoms with Crippen molar-refractivity contribution in [1.29, 1.82) is 0 Å². The third kappa shape index (κ3) is 3.01. The van der Waals surface area contributed by atoms with Crippen LogP contribution in [0.4, 0.5) is 0 Å². The van der Waals surface area contributed by atoms with Gasteiger partial charge in [0.05, 0.1) is 6.54 Å². The van der Waals surface area contributed by atoms with E-state index in [4.69, 9.17) is 11.6 Å². The molecule has 8 heteroatoms. The molecular formula is C16H17ClN4O2S. The molecule has 0 saturated heterocycles. The van der Waals surface area contributed by atoms with Crippen molar-refractivity contribution < 1.29 is 0 Å². The van der Waals surface area contributed by atoms with Gasteiger partial charge in [0, 0.05) is 17.3 Å². The number of aromatic amines is 1. The van der Waals surface area contributed by atoms with E-state index in [1.54, 1.807) is 7.05 Å². The molecule has 0 bridgehead atoms. The Bertz CT molecular complexity index is 1020. The molecule has 0 radical (unpaired) electrons. The quantitative estimate of drug-likeness (QED) is 0.722. The van der Waals surface area contributed by atoms with Crippen LogP contribution in [0.15, 0.2) is 39.0 Å². The summed E-state index contributed by atoms with van der Waals surface area (Å²) >= 11 is 7.80. The number of halogens is 1.